The van der Waals surface area contributed by atoms with Gasteiger partial charge in [-0.15, -0.1) is 0 Å². The molecule has 0 atom stereocenters. The van der Waals surface area contributed by atoms with Crippen LogP contribution in [0.3, 0.4) is 0 Å². The van der Waals surface area contributed by atoms with E-state index in [4.69, 9.17) is 9.15 Å². The molecule has 0 spiro atoms. The van der Waals surface area contributed by atoms with E-state index in [0.29, 0.717) is 22.2 Å². The fraction of sp³-hybridized carbons (Fsp3) is 0.0455. The number of carbonyl (C=O) groups is 2. The third-order valence-corrected chi connectivity index (χ3v) is 4.25. The maximum absolute atomic E-state index is 12.4. The maximum atomic E-state index is 12.4. The smallest absolute Gasteiger partial charge is 0.420 e. The molecular weight excluding hydrogens is 358 g/mol. The van der Waals surface area contributed by atoms with E-state index in [-0.39, 0.29) is 18.1 Å². The van der Waals surface area contributed by atoms with E-state index in [1.165, 1.54) is 4.57 Å². The van der Waals surface area contributed by atoms with Gasteiger partial charge < -0.3 is 9.15 Å². The predicted octanol–water partition coefficient (Wildman–Crippen LogP) is 3.43. The van der Waals surface area contributed by atoms with Gasteiger partial charge in [0.15, 0.2) is 11.4 Å². The lowest BCUT2D eigenvalue weighted by atomic mass is 10.0. The Morgan fingerprint density at radius 1 is 0.821 bits per heavy atom. The van der Waals surface area contributed by atoms with Crippen molar-refractivity contribution in [2.45, 2.75) is 6.54 Å². The van der Waals surface area contributed by atoms with E-state index in [0.717, 1.165) is 0 Å². The molecule has 0 bridgehead atoms. The van der Waals surface area contributed by atoms with E-state index in [1.807, 2.05) is 6.07 Å². The summed E-state index contributed by atoms with van der Waals surface area (Å²) in [5.74, 6) is -1.07. The highest BCUT2D eigenvalue weighted by Crippen LogP contribution is 2.17. The topological polar surface area (TPSA) is 78.5 Å². The SMILES string of the molecule is O=C(Cn1c(=O)oc2ccccc21)Oc1ccc(C(=O)c2ccccc2)cc1. The Morgan fingerprint density at radius 2 is 1.46 bits per heavy atom. The van der Waals surface area contributed by atoms with Crippen molar-refractivity contribution in [2.75, 3.05) is 0 Å². The minimum Gasteiger partial charge on any atom is -0.425 e. The molecule has 0 aliphatic heterocycles. The van der Waals surface area contributed by atoms with Crippen LogP contribution in [-0.2, 0) is 11.3 Å². The summed E-state index contributed by atoms with van der Waals surface area (Å²) in [5, 5.41) is 0. The van der Waals surface area contributed by atoms with E-state index < -0.39 is 11.7 Å². The quantitative estimate of drug-likeness (QED) is 0.304. The number of benzene rings is 3. The molecule has 0 amide bonds. The van der Waals surface area contributed by atoms with Gasteiger partial charge in [0.2, 0.25) is 0 Å². The second-order valence-electron chi connectivity index (χ2n) is 6.12. The normalized spacial score (nSPS) is 10.7. The molecule has 0 aliphatic carbocycles. The Bertz CT molecular complexity index is 1200. The number of hydrogen-bond donors (Lipinski definition) is 0. The zero-order chi connectivity index (χ0) is 19.5. The highest BCUT2D eigenvalue weighted by molar-refractivity contribution is 6.09. The summed E-state index contributed by atoms with van der Waals surface area (Å²) in [6, 6.07) is 22.0. The largest absolute Gasteiger partial charge is 0.425 e. The second kappa shape index (κ2) is 7.36. The minimum atomic E-state index is -0.623. The highest BCUT2D eigenvalue weighted by atomic mass is 16.5. The molecule has 0 saturated heterocycles. The van der Waals surface area contributed by atoms with Gasteiger partial charge in [-0.25, -0.2) is 9.59 Å². The number of nitrogens with zero attached hydrogens (tertiary/aromatic N) is 1. The first-order chi connectivity index (χ1) is 13.6. The number of aromatic nitrogens is 1. The summed E-state index contributed by atoms with van der Waals surface area (Å²) in [6.07, 6.45) is 0. The van der Waals surface area contributed by atoms with Gasteiger partial charge in [0.1, 0.15) is 12.3 Å². The fourth-order valence-electron chi connectivity index (χ4n) is 2.89. The summed E-state index contributed by atoms with van der Waals surface area (Å²) in [4.78, 5) is 36.6. The second-order valence-corrected chi connectivity index (χ2v) is 6.12. The van der Waals surface area contributed by atoms with Crippen molar-refractivity contribution in [3.8, 4) is 5.75 Å². The molecule has 0 N–H and O–H groups in total. The highest BCUT2D eigenvalue weighted by Gasteiger charge is 2.14. The van der Waals surface area contributed by atoms with Crippen LogP contribution >= 0.6 is 0 Å². The number of fused-ring (bicyclic) bond motifs is 1. The van der Waals surface area contributed by atoms with E-state index in [1.54, 1.807) is 72.8 Å². The Kier molecular flexibility index (Phi) is 4.60. The number of esters is 1. The molecule has 0 saturated carbocycles. The monoisotopic (exact) mass is 373 g/mol. The van der Waals surface area contributed by atoms with Crippen LogP contribution in [0, 0.1) is 0 Å². The molecule has 28 heavy (non-hydrogen) atoms. The van der Waals surface area contributed by atoms with Crippen LogP contribution in [0.1, 0.15) is 15.9 Å². The molecule has 138 valence electrons. The molecule has 4 rings (SSSR count). The van der Waals surface area contributed by atoms with Gasteiger partial charge in [-0.1, -0.05) is 42.5 Å². The summed E-state index contributed by atoms with van der Waals surface area (Å²) < 4.78 is 11.6. The van der Waals surface area contributed by atoms with Crippen LogP contribution in [0.2, 0.25) is 0 Å². The zero-order valence-electron chi connectivity index (χ0n) is 14.7. The van der Waals surface area contributed by atoms with Gasteiger partial charge in [-0.05, 0) is 36.4 Å². The van der Waals surface area contributed by atoms with Crippen molar-refractivity contribution in [3.05, 3.63) is 101 Å². The van der Waals surface area contributed by atoms with Crippen molar-refractivity contribution in [2.24, 2.45) is 0 Å². The Balaban J connectivity index is 1.47. The molecule has 0 aliphatic rings. The average molecular weight is 373 g/mol. The van der Waals surface area contributed by atoms with Crippen molar-refractivity contribution in [3.63, 3.8) is 0 Å². The van der Waals surface area contributed by atoms with Gasteiger partial charge in [-0.2, -0.15) is 0 Å². The zero-order valence-corrected chi connectivity index (χ0v) is 14.7. The van der Waals surface area contributed by atoms with Crippen LogP contribution in [0.25, 0.3) is 11.1 Å². The number of ketones is 1. The summed E-state index contributed by atoms with van der Waals surface area (Å²) >= 11 is 0. The third kappa shape index (κ3) is 3.48. The maximum Gasteiger partial charge on any atom is 0.420 e. The van der Waals surface area contributed by atoms with Crippen LogP contribution in [-0.4, -0.2) is 16.3 Å². The Labute approximate surface area is 159 Å². The van der Waals surface area contributed by atoms with Gasteiger partial charge in [0.05, 0.1) is 5.52 Å². The van der Waals surface area contributed by atoms with Crippen LogP contribution in [0.5, 0.6) is 5.75 Å². The Morgan fingerprint density at radius 3 is 2.21 bits per heavy atom. The molecule has 3 aromatic carbocycles. The fourth-order valence-corrected chi connectivity index (χ4v) is 2.89. The number of hydrogen-bond acceptors (Lipinski definition) is 5. The molecule has 6 nitrogen and oxygen atoms in total. The first kappa shape index (κ1) is 17.5. The molecule has 0 fully saturated rings. The van der Waals surface area contributed by atoms with Gasteiger partial charge in [0.25, 0.3) is 0 Å². The van der Waals surface area contributed by atoms with Gasteiger partial charge in [0, 0.05) is 11.1 Å². The molecule has 1 heterocycles. The molecule has 0 radical (unpaired) electrons. The van der Waals surface area contributed by atoms with E-state index >= 15 is 0 Å². The molecule has 4 aromatic rings. The van der Waals surface area contributed by atoms with Crippen LogP contribution in [0.15, 0.2) is 88.1 Å². The minimum absolute atomic E-state index is 0.116. The van der Waals surface area contributed by atoms with E-state index in [9.17, 15) is 14.4 Å². The van der Waals surface area contributed by atoms with Crippen molar-refractivity contribution < 1.29 is 18.7 Å². The first-order valence-corrected chi connectivity index (χ1v) is 8.61. The molecule has 0 unspecified atom stereocenters. The summed E-state index contributed by atoms with van der Waals surface area (Å²) in [5.41, 5.74) is 2.00. The first-order valence-electron chi connectivity index (χ1n) is 8.61. The third-order valence-electron chi connectivity index (χ3n) is 4.25. The number of ether oxygens (including phenoxy) is 1. The molecule has 6 heteroatoms. The average Bonchev–Trinajstić information content (AvgIpc) is 3.04. The Hall–Kier alpha value is -3.93. The number of rotatable bonds is 5. The van der Waals surface area contributed by atoms with Crippen molar-refractivity contribution in [1.82, 2.24) is 4.57 Å². The van der Waals surface area contributed by atoms with Crippen LogP contribution in [0.4, 0.5) is 0 Å². The number of oxazole rings is 1. The standard InChI is InChI=1S/C22H15NO5/c24-20(14-23-18-8-4-5-9-19(18)28-22(23)26)27-17-12-10-16(11-13-17)21(25)15-6-2-1-3-7-15/h1-13H,14H2. The van der Waals surface area contributed by atoms with Crippen molar-refractivity contribution >= 4 is 22.9 Å². The van der Waals surface area contributed by atoms with Gasteiger partial charge >= 0.3 is 11.7 Å². The predicted molar refractivity (Wildman–Crippen MR) is 102 cm³/mol. The lowest BCUT2D eigenvalue weighted by Gasteiger charge is -2.06. The molecule has 1 aromatic heterocycles. The number of para-hydroxylation sites is 2. The summed E-state index contributed by atoms with van der Waals surface area (Å²) in [7, 11) is 0. The summed E-state index contributed by atoms with van der Waals surface area (Å²) in [6.45, 7) is -0.277. The van der Waals surface area contributed by atoms with E-state index in [2.05, 4.69) is 0 Å². The van der Waals surface area contributed by atoms with Crippen molar-refractivity contribution in [1.29, 1.82) is 0 Å². The van der Waals surface area contributed by atoms with Gasteiger partial charge in [-0.3, -0.25) is 9.36 Å². The molecular formula is C22H15NO5. The van der Waals surface area contributed by atoms with Crippen LogP contribution < -0.4 is 10.5 Å². The number of carbonyl (C=O) groups excluding carboxylic acids is 2. The lowest BCUT2D eigenvalue weighted by molar-refractivity contribution is -0.135. The lowest BCUT2D eigenvalue weighted by Crippen LogP contribution is -2.23.